The molecule has 1 aromatic rings. The summed E-state index contributed by atoms with van der Waals surface area (Å²) in [5, 5.41) is 2.42. The smallest absolute Gasteiger partial charge is 0.254 e. The zero-order valence-electron chi connectivity index (χ0n) is 13.6. The number of carbonyl (C=O) groups is 2. The third-order valence-electron chi connectivity index (χ3n) is 4.21. The molecule has 23 heavy (non-hydrogen) atoms. The van der Waals surface area contributed by atoms with Gasteiger partial charge in [-0.1, -0.05) is 13.8 Å². The van der Waals surface area contributed by atoms with Gasteiger partial charge in [0.1, 0.15) is 11.6 Å². The van der Waals surface area contributed by atoms with Crippen molar-refractivity contribution in [1.29, 1.82) is 0 Å². The zero-order valence-corrected chi connectivity index (χ0v) is 13.6. The molecule has 0 aromatic heterocycles. The maximum atomic E-state index is 13.6. The predicted octanol–water partition coefficient (Wildman–Crippen LogP) is 2.73. The Morgan fingerprint density at radius 3 is 2.43 bits per heavy atom. The van der Waals surface area contributed by atoms with Gasteiger partial charge in [0.15, 0.2) is 0 Å². The first-order chi connectivity index (χ1) is 10.8. The minimum atomic E-state index is -0.940. The number of halogens is 2. The van der Waals surface area contributed by atoms with Crippen LogP contribution in [0.1, 0.15) is 44.0 Å². The van der Waals surface area contributed by atoms with Crippen LogP contribution in [0.4, 0.5) is 8.78 Å². The Morgan fingerprint density at radius 2 is 1.91 bits per heavy atom. The number of nitrogens with zero attached hydrogens (tertiary/aromatic N) is 1. The second-order valence-corrected chi connectivity index (χ2v) is 6.32. The van der Waals surface area contributed by atoms with Crippen molar-refractivity contribution in [2.45, 2.75) is 45.7 Å². The van der Waals surface area contributed by atoms with Crippen LogP contribution in [-0.2, 0) is 4.79 Å². The molecule has 0 spiro atoms. The van der Waals surface area contributed by atoms with Crippen LogP contribution in [0, 0.1) is 17.6 Å². The zero-order chi connectivity index (χ0) is 17.1. The van der Waals surface area contributed by atoms with Crippen molar-refractivity contribution >= 4 is 11.8 Å². The van der Waals surface area contributed by atoms with Gasteiger partial charge in [-0.05, 0) is 37.8 Å². The molecule has 2 amide bonds. The lowest BCUT2D eigenvalue weighted by atomic mass is 10.0. The SMILES string of the molecule is CC(C)[C@@H](C)N(C(=O)CNC(=O)c1ccc(F)cc1F)C1CC1. The summed E-state index contributed by atoms with van der Waals surface area (Å²) in [6.45, 7) is 5.88. The van der Waals surface area contributed by atoms with E-state index in [1.165, 1.54) is 0 Å². The Bertz CT molecular complexity index is 600. The average molecular weight is 324 g/mol. The maximum Gasteiger partial charge on any atom is 0.254 e. The highest BCUT2D eigenvalue weighted by Crippen LogP contribution is 2.30. The highest BCUT2D eigenvalue weighted by molar-refractivity contribution is 5.96. The number of rotatable bonds is 6. The van der Waals surface area contributed by atoms with E-state index in [2.05, 4.69) is 5.32 Å². The number of carbonyl (C=O) groups excluding carboxylic acids is 2. The van der Waals surface area contributed by atoms with Crippen LogP contribution < -0.4 is 5.32 Å². The van der Waals surface area contributed by atoms with E-state index in [0.717, 1.165) is 25.0 Å². The molecule has 0 radical (unpaired) electrons. The Morgan fingerprint density at radius 1 is 1.26 bits per heavy atom. The number of benzene rings is 1. The van der Waals surface area contributed by atoms with Crippen LogP contribution >= 0.6 is 0 Å². The highest BCUT2D eigenvalue weighted by Gasteiger charge is 2.36. The van der Waals surface area contributed by atoms with Gasteiger partial charge in [-0.3, -0.25) is 9.59 Å². The molecule has 0 heterocycles. The normalized spacial score (nSPS) is 15.4. The molecule has 1 aliphatic carbocycles. The molecular weight excluding hydrogens is 302 g/mol. The lowest BCUT2D eigenvalue weighted by molar-refractivity contribution is -0.133. The number of amides is 2. The quantitative estimate of drug-likeness (QED) is 0.875. The van der Waals surface area contributed by atoms with Gasteiger partial charge in [0.05, 0.1) is 12.1 Å². The summed E-state index contributed by atoms with van der Waals surface area (Å²) in [6, 6.07) is 3.04. The largest absolute Gasteiger partial charge is 0.343 e. The summed E-state index contributed by atoms with van der Waals surface area (Å²) in [5.74, 6) is -2.27. The number of hydrogen-bond donors (Lipinski definition) is 1. The molecule has 1 aromatic carbocycles. The average Bonchev–Trinajstić information content (AvgIpc) is 3.29. The lowest BCUT2D eigenvalue weighted by Gasteiger charge is -2.32. The van der Waals surface area contributed by atoms with Gasteiger partial charge in [0, 0.05) is 18.2 Å². The van der Waals surface area contributed by atoms with E-state index in [0.29, 0.717) is 12.0 Å². The van der Waals surface area contributed by atoms with Crippen LogP contribution in [0.5, 0.6) is 0 Å². The topological polar surface area (TPSA) is 49.4 Å². The molecule has 126 valence electrons. The van der Waals surface area contributed by atoms with Crippen molar-refractivity contribution in [3.05, 3.63) is 35.4 Å². The van der Waals surface area contributed by atoms with Gasteiger partial charge in [-0.25, -0.2) is 8.78 Å². The first kappa shape index (κ1) is 17.4. The summed E-state index contributed by atoms with van der Waals surface area (Å²) in [7, 11) is 0. The summed E-state index contributed by atoms with van der Waals surface area (Å²) in [4.78, 5) is 26.2. The Balaban J connectivity index is 1.98. The van der Waals surface area contributed by atoms with Crippen molar-refractivity contribution in [3.8, 4) is 0 Å². The Kier molecular flexibility index (Phi) is 5.34. The molecule has 1 saturated carbocycles. The van der Waals surface area contributed by atoms with E-state index in [4.69, 9.17) is 0 Å². The van der Waals surface area contributed by atoms with Crippen molar-refractivity contribution in [1.82, 2.24) is 10.2 Å². The third-order valence-corrected chi connectivity index (χ3v) is 4.21. The summed E-state index contributed by atoms with van der Waals surface area (Å²) in [6.07, 6.45) is 1.95. The summed E-state index contributed by atoms with van der Waals surface area (Å²) < 4.78 is 26.4. The molecule has 1 atom stereocenters. The standard InChI is InChI=1S/C17H22F2N2O2/c1-10(2)11(3)21(13-5-6-13)16(22)9-20-17(23)14-7-4-12(18)8-15(14)19/h4,7-8,10-11,13H,5-6,9H2,1-3H3,(H,20,23)/t11-/m1/s1. The Hall–Kier alpha value is -1.98. The van der Waals surface area contributed by atoms with E-state index >= 15 is 0 Å². The lowest BCUT2D eigenvalue weighted by Crippen LogP contribution is -2.47. The highest BCUT2D eigenvalue weighted by atomic mass is 19.1. The summed E-state index contributed by atoms with van der Waals surface area (Å²) >= 11 is 0. The van der Waals surface area contributed by atoms with Gasteiger partial charge < -0.3 is 10.2 Å². The monoisotopic (exact) mass is 324 g/mol. The molecule has 0 bridgehead atoms. The third kappa shape index (κ3) is 4.27. The van der Waals surface area contributed by atoms with Gasteiger partial charge in [-0.15, -0.1) is 0 Å². The molecule has 0 unspecified atom stereocenters. The van der Waals surface area contributed by atoms with Crippen LogP contribution in [0.2, 0.25) is 0 Å². The molecule has 0 saturated heterocycles. The van der Waals surface area contributed by atoms with Gasteiger partial charge >= 0.3 is 0 Å². The van der Waals surface area contributed by atoms with Crippen molar-refractivity contribution < 1.29 is 18.4 Å². The molecule has 2 rings (SSSR count). The summed E-state index contributed by atoms with van der Waals surface area (Å²) in [5.41, 5.74) is -0.269. The molecular formula is C17H22F2N2O2. The van der Waals surface area contributed by atoms with Crippen molar-refractivity contribution in [2.75, 3.05) is 6.54 Å². The molecule has 1 N–H and O–H groups in total. The van der Waals surface area contributed by atoms with Crippen molar-refractivity contribution in [3.63, 3.8) is 0 Å². The van der Waals surface area contributed by atoms with E-state index in [1.54, 1.807) is 0 Å². The first-order valence-corrected chi connectivity index (χ1v) is 7.85. The molecule has 1 aliphatic rings. The fraction of sp³-hybridized carbons (Fsp3) is 0.529. The molecule has 0 aliphatic heterocycles. The van der Waals surface area contributed by atoms with E-state index in [9.17, 15) is 18.4 Å². The van der Waals surface area contributed by atoms with Crippen LogP contribution in [-0.4, -0.2) is 35.3 Å². The fourth-order valence-corrected chi connectivity index (χ4v) is 2.45. The molecule has 6 heteroatoms. The van der Waals surface area contributed by atoms with Gasteiger partial charge in [0.25, 0.3) is 5.91 Å². The molecule has 1 fully saturated rings. The second kappa shape index (κ2) is 7.06. The predicted molar refractivity (Wildman–Crippen MR) is 82.9 cm³/mol. The maximum absolute atomic E-state index is 13.6. The van der Waals surface area contributed by atoms with E-state index in [-0.39, 0.29) is 30.1 Å². The molecule has 4 nitrogen and oxygen atoms in total. The number of nitrogens with one attached hydrogen (secondary N) is 1. The minimum Gasteiger partial charge on any atom is -0.343 e. The van der Waals surface area contributed by atoms with Gasteiger partial charge in [-0.2, -0.15) is 0 Å². The second-order valence-electron chi connectivity index (χ2n) is 6.32. The van der Waals surface area contributed by atoms with E-state index < -0.39 is 17.5 Å². The fourth-order valence-electron chi connectivity index (χ4n) is 2.45. The number of hydrogen-bond acceptors (Lipinski definition) is 2. The first-order valence-electron chi connectivity index (χ1n) is 7.85. The Labute approximate surface area is 134 Å². The van der Waals surface area contributed by atoms with Crippen LogP contribution in [0.15, 0.2) is 18.2 Å². The van der Waals surface area contributed by atoms with E-state index in [1.807, 2.05) is 25.7 Å². The minimum absolute atomic E-state index is 0.0782. The van der Waals surface area contributed by atoms with Crippen LogP contribution in [0.25, 0.3) is 0 Å². The van der Waals surface area contributed by atoms with Crippen molar-refractivity contribution in [2.24, 2.45) is 5.92 Å². The van der Waals surface area contributed by atoms with Crippen LogP contribution in [0.3, 0.4) is 0 Å². The van der Waals surface area contributed by atoms with Gasteiger partial charge in [0.2, 0.25) is 5.91 Å².